The molecule has 88 valence electrons. The number of rotatable bonds is 5. The molecular formula is C16H24. The quantitative estimate of drug-likeness (QED) is 0.564. The van der Waals surface area contributed by atoms with Gasteiger partial charge in [-0.3, -0.25) is 0 Å². The Hall–Kier alpha value is -1.04. The van der Waals surface area contributed by atoms with Gasteiger partial charge < -0.3 is 0 Å². The molecule has 0 heterocycles. The Morgan fingerprint density at radius 2 is 1.94 bits per heavy atom. The summed E-state index contributed by atoms with van der Waals surface area (Å²) in [6.07, 6.45) is 13.7. The van der Waals surface area contributed by atoms with Crippen LogP contribution in [0.4, 0.5) is 0 Å². The van der Waals surface area contributed by atoms with Gasteiger partial charge in [0, 0.05) is 5.92 Å². The molecule has 1 aliphatic rings. The molecule has 1 fully saturated rings. The summed E-state index contributed by atoms with van der Waals surface area (Å²) in [6, 6.07) is 0. The Labute approximate surface area is 100 Å². The van der Waals surface area contributed by atoms with Crippen LogP contribution < -0.4 is 0 Å². The monoisotopic (exact) mass is 216 g/mol. The lowest BCUT2D eigenvalue weighted by Gasteiger charge is -2.25. The van der Waals surface area contributed by atoms with Crippen LogP contribution in [0.2, 0.25) is 0 Å². The molecule has 1 unspecified atom stereocenters. The molecule has 0 bridgehead atoms. The molecule has 0 nitrogen and oxygen atoms in total. The Bertz CT molecular complexity index is 298. The largest absolute Gasteiger partial charge is 0.0991 e. The second-order valence-corrected chi connectivity index (χ2v) is 4.74. The van der Waals surface area contributed by atoms with Gasteiger partial charge in [0.05, 0.1) is 0 Å². The van der Waals surface area contributed by atoms with E-state index in [2.05, 4.69) is 45.2 Å². The van der Waals surface area contributed by atoms with Crippen LogP contribution in [0.25, 0.3) is 0 Å². The van der Waals surface area contributed by atoms with Crippen molar-refractivity contribution in [3.8, 4) is 0 Å². The molecule has 0 radical (unpaired) electrons. The predicted molar refractivity (Wildman–Crippen MR) is 73.4 cm³/mol. The van der Waals surface area contributed by atoms with Crippen LogP contribution in [0, 0.1) is 11.8 Å². The predicted octanol–water partition coefficient (Wildman–Crippen LogP) is 5.06. The summed E-state index contributed by atoms with van der Waals surface area (Å²) in [4.78, 5) is 0. The fourth-order valence-corrected chi connectivity index (χ4v) is 2.86. The van der Waals surface area contributed by atoms with Crippen molar-refractivity contribution < 1.29 is 0 Å². The summed E-state index contributed by atoms with van der Waals surface area (Å²) in [7, 11) is 0. The average Bonchev–Trinajstić information content (AvgIpc) is 2.72. The summed E-state index contributed by atoms with van der Waals surface area (Å²) in [6.45, 7) is 12.3. The van der Waals surface area contributed by atoms with Gasteiger partial charge in [0.1, 0.15) is 0 Å². The topological polar surface area (TPSA) is 0 Å². The molecule has 0 aliphatic heterocycles. The normalized spacial score (nSPS) is 20.2. The van der Waals surface area contributed by atoms with Crippen molar-refractivity contribution in [2.75, 3.05) is 0 Å². The van der Waals surface area contributed by atoms with Crippen molar-refractivity contribution in [2.45, 2.75) is 39.5 Å². The lowest BCUT2D eigenvalue weighted by molar-refractivity contribution is 0.441. The summed E-state index contributed by atoms with van der Waals surface area (Å²) in [5.74, 6) is 1.32. The maximum atomic E-state index is 4.23. The summed E-state index contributed by atoms with van der Waals surface area (Å²) < 4.78 is 0. The van der Waals surface area contributed by atoms with Gasteiger partial charge in [0.2, 0.25) is 0 Å². The van der Waals surface area contributed by atoms with Crippen LogP contribution in [-0.4, -0.2) is 0 Å². The lowest BCUT2D eigenvalue weighted by Crippen LogP contribution is -2.14. The van der Waals surface area contributed by atoms with Crippen molar-refractivity contribution in [1.82, 2.24) is 0 Å². The van der Waals surface area contributed by atoms with E-state index in [1.165, 1.54) is 36.8 Å². The van der Waals surface area contributed by atoms with Gasteiger partial charge in [-0.05, 0) is 38.2 Å². The maximum Gasteiger partial charge on any atom is 0.00708 e. The first kappa shape index (κ1) is 13.0. The van der Waals surface area contributed by atoms with Crippen LogP contribution in [0.3, 0.4) is 0 Å². The Balaban J connectivity index is 2.87. The van der Waals surface area contributed by atoms with Gasteiger partial charge >= 0.3 is 0 Å². The van der Waals surface area contributed by atoms with Crippen LogP contribution in [0.1, 0.15) is 39.5 Å². The first-order valence-electron chi connectivity index (χ1n) is 6.31. The van der Waals surface area contributed by atoms with Gasteiger partial charge in [-0.25, -0.2) is 0 Å². The second kappa shape index (κ2) is 6.52. The molecule has 16 heavy (non-hydrogen) atoms. The highest BCUT2D eigenvalue weighted by atomic mass is 14.3. The van der Waals surface area contributed by atoms with E-state index >= 15 is 0 Å². The number of hydrogen-bond donors (Lipinski definition) is 0. The minimum Gasteiger partial charge on any atom is -0.0991 e. The third-order valence-corrected chi connectivity index (χ3v) is 3.52. The van der Waals surface area contributed by atoms with E-state index in [0.29, 0.717) is 5.92 Å². The summed E-state index contributed by atoms with van der Waals surface area (Å²) in [5.41, 5.74) is 2.66. The molecule has 0 heteroatoms. The molecule has 1 rings (SSSR count). The minimum absolute atomic E-state index is 0.525. The highest BCUT2D eigenvalue weighted by Crippen LogP contribution is 2.39. The fourth-order valence-electron chi connectivity index (χ4n) is 2.86. The third kappa shape index (κ3) is 3.23. The van der Waals surface area contributed by atoms with Crippen molar-refractivity contribution >= 4 is 0 Å². The van der Waals surface area contributed by atoms with E-state index in [-0.39, 0.29) is 0 Å². The van der Waals surface area contributed by atoms with Gasteiger partial charge in [0.15, 0.2) is 0 Å². The van der Waals surface area contributed by atoms with Gasteiger partial charge in [-0.15, -0.1) is 0 Å². The summed E-state index contributed by atoms with van der Waals surface area (Å²) >= 11 is 0. The van der Waals surface area contributed by atoms with Gasteiger partial charge in [-0.1, -0.05) is 55.9 Å². The van der Waals surface area contributed by atoms with Crippen molar-refractivity contribution in [1.29, 1.82) is 0 Å². The molecule has 0 saturated heterocycles. The van der Waals surface area contributed by atoms with E-state index in [1.807, 2.05) is 6.08 Å². The first-order chi connectivity index (χ1) is 7.70. The Morgan fingerprint density at radius 1 is 1.31 bits per heavy atom. The zero-order chi connectivity index (χ0) is 12.0. The zero-order valence-corrected chi connectivity index (χ0v) is 10.7. The number of hydrogen-bond acceptors (Lipinski definition) is 0. The van der Waals surface area contributed by atoms with Crippen molar-refractivity contribution in [3.63, 3.8) is 0 Å². The zero-order valence-electron chi connectivity index (χ0n) is 10.7. The SMILES string of the molecule is C=CC=C(C)C(C(=C)C=CC)C1CCCC1. The van der Waals surface area contributed by atoms with Crippen molar-refractivity contribution in [3.05, 3.63) is 48.6 Å². The van der Waals surface area contributed by atoms with Crippen LogP contribution in [-0.2, 0) is 0 Å². The van der Waals surface area contributed by atoms with E-state index in [1.54, 1.807) is 0 Å². The molecule has 0 N–H and O–H groups in total. The maximum absolute atomic E-state index is 4.23. The number of allylic oxidation sites excluding steroid dienone is 6. The van der Waals surface area contributed by atoms with E-state index < -0.39 is 0 Å². The molecule has 0 aromatic heterocycles. The first-order valence-corrected chi connectivity index (χ1v) is 6.31. The molecule has 1 atom stereocenters. The highest BCUT2D eigenvalue weighted by Gasteiger charge is 2.26. The average molecular weight is 216 g/mol. The van der Waals surface area contributed by atoms with Gasteiger partial charge in [-0.2, -0.15) is 0 Å². The van der Waals surface area contributed by atoms with Crippen molar-refractivity contribution in [2.24, 2.45) is 11.8 Å². The molecule has 0 aromatic rings. The smallest absolute Gasteiger partial charge is 0.00708 e. The molecule has 1 saturated carbocycles. The van der Waals surface area contributed by atoms with E-state index in [4.69, 9.17) is 0 Å². The van der Waals surface area contributed by atoms with Crippen LogP contribution in [0.5, 0.6) is 0 Å². The van der Waals surface area contributed by atoms with Crippen LogP contribution in [0.15, 0.2) is 48.6 Å². The summed E-state index contributed by atoms with van der Waals surface area (Å²) in [5, 5.41) is 0. The molecule has 0 amide bonds. The van der Waals surface area contributed by atoms with Gasteiger partial charge in [0.25, 0.3) is 0 Å². The Morgan fingerprint density at radius 3 is 2.44 bits per heavy atom. The minimum atomic E-state index is 0.525. The second-order valence-electron chi connectivity index (χ2n) is 4.74. The fraction of sp³-hybridized carbons (Fsp3) is 0.500. The molecular weight excluding hydrogens is 192 g/mol. The molecule has 0 spiro atoms. The van der Waals surface area contributed by atoms with Crippen LogP contribution >= 0.6 is 0 Å². The molecule has 1 aliphatic carbocycles. The Kier molecular flexibility index (Phi) is 5.31. The third-order valence-electron chi connectivity index (χ3n) is 3.52. The molecule has 0 aromatic carbocycles. The van der Waals surface area contributed by atoms with E-state index in [9.17, 15) is 0 Å². The standard InChI is InChI=1S/C16H24/c1-5-9-13(3)16(14(4)10-6-2)15-11-7-8-12-15/h5-6,9-10,15-16H,1,4,7-8,11-12H2,2-3H3. The lowest BCUT2D eigenvalue weighted by atomic mass is 9.80. The van der Waals surface area contributed by atoms with E-state index in [0.717, 1.165) is 5.92 Å². The highest BCUT2D eigenvalue weighted by molar-refractivity contribution is 5.29.